The van der Waals surface area contributed by atoms with Gasteiger partial charge in [0.05, 0.1) is 0 Å². The third kappa shape index (κ3) is 2.96. The van der Waals surface area contributed by atoms with Crippen molar-refractivity contribution in [1.82, 2.24) is 10.2 Å². The van der Waals surface area contributed by atoms with Gasteiger partial charge in [0.2, 0.25) is 5.91 Å². The minimum atomic E-state index is -1.10. The Hall–Kier alpha value is -2.48. The monoisotopic (exact) mass is 348 g/mol. The van der Waals surface area contributed by atoms with Crippen molar-refractivity contribution in [2.75, 3.05) is 12.4 Å². The van der Waals surface area contributed by atoms with Crippen LogP contribution in [0.25, 0.3) is 0 Å². The number of hydrogen-bond donors (Lipinski definition) is 2. The first-order chi connectivity index (χ1) is 11.5. The maximum atomic E-state index is 12.2. The number of rotatable bonds is 5. The van der Waals surface area contributed by atoms with Crippen LogP contribution in [-0.2, 0) is 14.4 Å². The van der Waals surface area contributed by atoms with Crippen LogP contribution in [0.5, 0.6) is 5.75 Å². The van der Waals surface area contributed by atoms with E-state index in [2.05, 4.69) is 11.9 Å². The molecule has 3 atom stereocenters. The number of aliphatic carboxylic acids is 1. The molecular formula is C16H16N2O5S. The number of nitrogens with one attached hydrogen (secondary N) is 1. The predicted molar refractivity (Wildman–Crippen MR) is 87.5 cm³/mol. The number of hydrogen-bond acceptors (Lipinski definition) is 5. The van der Waals surface area contributed by atoms with Crippen molar-refractivity contribution >= 4 is 29.5 Å². The molecule has 126 valence electrons. The number of fused-ring (bicyclic) bond motifs is 1. The molecule has 1 aromatic carbocycles. The van der Waals surface area contributed by atoms with Crippen LogP contribution in [0.3, 0.4) is 0 Å². The van der Waals surface area contributed by atoms with Gasteiger partial charge in [-0.05, 0) is 17.7 Å². The quantitative estimate of drug-likeness (QED) is 0.593. The Bertz CT molecular complexity index is 693. The summed E-state index contributed by atoms with van der Waals surface area (Å²) in [7, 11) is 0. The Morgan fingerprint density at radius 3 is 2.75 bits per heavy atom. The lowest BCUT2D eigenvalue weighted by Gasteiger charge is -2.52. The highest BCUT2D eigenvalue weighted by Gasteiger charge is 2.56. The van der Waals surface area contributed by atoms with Crippen LogP contribution in [0.1, 0.15) is 0 Å². The molecule has 2 amide bonds. The Morgan fingerprint density at radius 2 is 2.08 bits per heavy atom. The Kier molecular flexibility index (Phi) is 4.48. The molecule has 3 rings (SSSR count). The van der Waals surface area contributed by atoms with Gasteiger partial charge in [0.25, 0.3) is 5.91 Å². The van der Waals surface area contributed by atoms with Gasteiger partial charge in [-0.3, -0.25) is 9.59 Å². The standard InChI is InChI=1S/C16H16N2O5S/c1-9-8-24-15-12(14(20)18(15)13(9)16(21)22)17-11(19)7-23-10-5-3-2-4-6-10/h2-6,12-13,15H,1,7-8H2,(H,17,19)(H,21,22)/t12-,13-,15-/m1/s1. The summed E-state index contributed by atoms with van der Waals surface area (Å²) in [5.41, 5.74) is 0.481. The number of amides is 2. The fraction of sp³-hybridized carbons (Fsp3) is 0.312. The molecule has 2 N–H and O–H groups in total. The number of nitrogens with zero attached hydrogens (tertiary/aromatic N) is 1. The predicted octanol–water partition coefficient (Wildman–Crippen LogP) is 0.475. The SMILES string of the molecule is C=C1CS[C@@H]2[C@H](NC(=O)COc3ccccc3)C(=O)N2[C@H]1C(=O)O. The van der Waals surface area contributed by atoms with Crippen molar-refractivity contribution in [3.63, 3.8) is 0 Å². The molecule has 24 heavy (non-hydrogen) atoms. The van der Waals surface area contributed by atoms with E-state index >= 15 is 0 Å². The molecule has 0 radical (unpaired) electrons. The first kappa shape index (κ1) is 16.4. The smallest absolute Gasteiger partial charge is 0.330 e. The summed E-state index contributed by atoms with van der Waals surface area (Å²) in [6, 6.07) is 7.12. The zero-order valence-electron chi connectivity index (χ0n) is 12.7. The number of carbonyl (C=O) groups excluding carboxylic acids is 2. The molecule has 0 aliphatic carbocycles. The van der Waals surface area contributed by atoms with E-state index in [9.17, 15) is 19.5 Å². The molecule has 0 spiro atoms. The van der Waals surface area contributed by atoms with Gasteiger partial charge in [0, 0.05) is 5.75 Å². The molecule has 0 bridgehead atoms. The van der Waals surface area contributed by atoms with Gasteiger partial charge in [-0.2, -0.15) is 0 Å². The van der Waals surface area contributed by atoms with Crippen molar-refractivity contribution in [2.45, 2.75) is 17.5 Å². The van der Waals surface area contributed by atoms with E-state index in [0.29, 0.717) is 17.1 Å². The normalized spacial score (nSPS) is 25.5. The van der Waals surface area contributed by atoms with E-state index in [-0.39, 0.29) is 12.0 Å². The number of ether oxygens (including phenoxy) is 1. The average Bonchev–Trinajstić information content (AvgIpc) is 2.58. The maximum Gasteiger partial charge on any atom is 0.330 e. The van der Waals surface area contributed by atoms with Crippen LogP contribution in [0, 0.1) is 0 Å². The molecule has 8 heteroatoms. The number of thioether (sulfide) groups is 1. The molecule has 2 aliphatic heterocycles. The highest BCUT2D eigenvalue weighted by atomic mass is 32.2. The van der Waals surface area contributed by atoms with E-state index in [4.69, 9.17) is 4.74 Å². The molecule has 2 heterocycles. The fourth-order valence-electron chi connectivity index (χ4n) is 2.71. The molecule has 7 nitrogen and oxygen atoms in total. The number of para-hydroxylation sites is 1. The second kappa shape index (κ2) is 6.56. The van der Waals surface area contributed by atoms with Crippen LogP contribution < -0.4 is 10.1 Å². The zero-order chi connectivity index (χ0) is 17.3. The Morgan fingerprint density at radius 1 is 1.38 bits per heavy atom. The first-order valence-electron chi connectivity index (χ1n) is 7.30. The van der Waals surface area contributed by atoms with E-state index in [1.54, 1.807) is 24.3 Å². The summed E-state index contributed by atoms with van der Waals surface area (Å²) in [5, 5.41) is 11.5. The molecule has 0 aromatic heterocycles. The van der Waals surface area contributed by atoms with E-state index in [1.807, 2.05) is 6.07 Å². The lowest BCUT2D eigenvalue weighted by atomic mass is 9.98. The van der Waals surface area contributed by atoms with E-state index in [0.717, 1.165) is 0 Å². The summed E-state index contributed by atoms with van der Waals surface area (Å²) >= 11 is 1.40. The number of β-lactam (4-membered cyclic amide) rings is 1. The molecule has 2 saturated heterocycles. The third-order valence-electron chi connectivity index (χ3n) is 3.85. The molecule has 0 saturated carbocycles. The molecule has 2 fully saturated rings. The van der Waals surface area contributed by atoms with Gasteiger partial charge >= 0.3 is 5.97 Å². The minimum Gasteiger partial charge on any atom is -0.484 e. The molecule has 1 aromatic rings. The Balaban J connectivity index is 1.57. The van der Waals surface area contributed by atoms with Gasteiger partial charge in [-0.1, -0.05) is 24.8 Å². The van der Waals surface area contributed by atoms with Crippen molar-refractivity contribution < 1.29 is 24.2 Å². The second-order valence-corrected chi connectivity index (χ2v) is 6.60. The number of carboxylic acid groups (broad SMARTS) is 1. The number of carbonyl (C=O) groups is 3. The van der Waals surface area contributed by atoms with E-state index < -0.39 is 29.9 Å². The largest absolute Gasteiger partial charge is 0.484 e. The molecular weight excluding hydrogens is 332 g/mol. The summed E-state index contributed by atoms with van der Waals surface area (Å²) in [6.07, 6.45) is 0. The van der Waals surface area contributed by atoms with Crippen molar-refractivity contribution in [3.05, 3.63) is 42.5 Å². The van der Waals surface area contributed by atoms with Crippen molar-refractivity contribution in [2.24, 2.45) is 0 Å². The lowest BCUT2D eigenvalue weighted by Crippen LogP contribution is -2.74. The van der Waals surface area contributed by atoms with Crippen molar-refractivity contribution in [1.29, 1.82) is 0 Å². The fourth-order valence-corrected chi connectivity index (χ4v) is 4.02. The first-order valence-corrected chi connectivity index (χ1v) is 8.35. The van der Waals surface area contributed by atoms with Gasteiger partial charge in [-0.25, -0.2) is 4.79 Å². The highest BCUT2D eigenvalue weighted by Crippen LogP contribution is 2.39. The van der Waals surface area contributed by atoms with Gasteiger partial charge in [0.1, 0.15) is 17.2 Å². The number of carboxylic acids is 1. The lowest BCUT2D eigenvalue weighted by molar-refractivity contribution is -0.160. The van der Waals surface area contributed by atoms with E-state index in [1.165, 1.54) is 16.7 Å². The minimum absolute atomic E-state index is 0.208. The third-order valence-corrected chi connectivity index (χ3v) is 5.23. The molecule has 2 aliphatic rings. The van der Waals surface area contributed by atoms with Gasteiger partial charge in [0.15, 0.2) is 12.6 Å². The van der Waals surface area contributed by atoms with Crippen LogP contribution in [0.4, 0.5) is 0 Å². The van der Waals surface area contributed by atoms with Crippen LogP contribution >= 0.6 is 11.8 Å². The van der Waals surface area contributed by atoms with Gasteiger partial charge < -0.3 is 20.1 Å². The maximum absolute atomic E-state index is 12.2. The Labute approximate surface area is 142 Å². The summed E-state index contributed by atoms with van der Waals surface area (Å²) in [4.78, 5) is 36.8. The summed E-state index contributed by atoms with van der Waals surface area (Å²) < 4.78 is 5.33. The zero-order valence-corrected chi connectivity index (χ0v) is 13.5. The van der Waals surface area contributed by atoms with Crippen LogP contribution in [0.2, 0.25) is 0 Å². The highest BCUT2D eigenvalue weighted by molar-refractivity contribution is 8.00. The number of benzene rings is 1. The summed E-state index contributed by atoms with van der Waals surface area (Å²) in [6.45, 7) is 3.51. The van der Waals surface area contributed by atoms with Crippen LogP contribution in [0.15, 0.2) is 42.5 Å². The van der Waals surface area contributed by atoms with Gasteiger partial charge in [-0.15, -0.1) is 11.8 Å². The topological polar surface area (TPSA) is 95.9 Å². The van der Waals surface area contributed by atoms with Crippen LogP contribution in [-0.4, -0.2) is 57.6 Å². The molecule has 0 unspecified atom stereocenters. The average molecular weight is 348 g/mol. The summed E-state index contributed by atoms with van der Waals surface area (Å²) in [5.74, 6) is -0.931. The van der Waals surface area contributed by atoms with Crippen molar-refractivity contribution in [3.8, 4) is 5.75 Å². The second-order valence-electron chi connectivity index (χ2n) is 5.49.